The molecule has 1 fully saturated rings. The van der Waals surface area contributed by atoms with Gasteiger partial charge in [-0.15, -0.1) is 0 Å². The lowest BCUT2D eigenvalue weighted by molar-refractivity contribution is -0.912. The molecule has 3 aromatic carbocycles. The van der Waals surface area contributed by atoms with Gasteiger partial charge in [0.05, 0.1) is 55.3 Å². The molecule has 1 aromatic heterocycles. The van der Waals surface area contributed by atoms with Crippen molar-refractivity contribution in [1.29, 1.82) is 0 Å². The monoisotopic (exact) mass is 552 g/mol. The Morgan fingerprint density at radius 1 is 0.950 bits per heavy atom. The number of fused-ring (bicyclic) bond motifs is 5. The highest BCUT2D eigenvalue weighted by Gasteiger charge is 2.56. The molecule has 2 aliphatic heterocycles. The normalized spacial score (nSPS) is 22.1. The SMILES string of the molecule is C[N+](C)(C)CCC[n+]1c(C=CC=C2C=C[N+]3(CCC3[N+](C)(C)C)c3ccccc32)sc2c3ccccc3ccc21. The molecule has 2 unspecified atom stereocenters. The highest BCUT2D eigenvalue weighted by atomic mass is 32.1. The molecule has 3 heterocycles. The number of nitrogens with zero attached hydrogens (tertiary/aromatic N) is 4. The van der Waals surface area contributed by atoms with Gasteiger partial charge < -0.3 is 4.48 Å². The third kappa shape index (κ3) is 4.86. The molecule has 6 rings (SSSR count). The smallest absolute Gasteiger partial charge is 0.262 e. The van der Waals surface area contributed by atoms with E-state index in [1.807, 2.05) is 11.3 Å². The van der Waals surface area contributed by atoms with Crippen LogP contribution in [-0.4, -0.2) is 70.5 Å². The molecule has 0 N–H and O–H groups in total. The maximum Gasteiger partial charge on any atom is 0.262 e. The van der Waals surface area contributed by atoms with Crippen molar-refractivity contribution < 1.29 is 13.5 Å². The van der Waals surface area contributed by atoms with Crippen LogP contribution >= 0.6 is 11.3 Å². The van der Waals surface area contributed by atoms with E-state index in [0.717, 1.165) is 33.0 Å². The lowest BCUT2D eigenvalue weighted by atomic mass is 9.91. The predicted molar refractivity (Wildman–Crippen MR) is 173 cm³/mol. The fourth-order valence-corrected chi connectivity index (χ4v) is 7.95. The third-order valence-electron chi connectivity index (χ3n) is 8.71. The zero-order valence-corrected chi connectivity index (χ0v) is 25.8. The predicted octanol–water partition coefficient (Wildman–Crippen LogP) is 6.81. The van der Waals surface area contributed by atoms with Gasteiger partial charge in [0.25, 0.3) is 5.01 Å². The minimum atomic E-state index is 0.563. The maximum atomic E-state index is 2.54. The van der Waals surface area contributed by atoms with Crippen LogP contribution in [0, 0.1) is 0 Å². The topological polar surface area (TPSA) is 3.88 Å². The molecule has 0 radical (unpaired) electrons. The van der Waals surface area contributed by atoms with E-state index in [4.69, 9.17) is 0 Å². The first-order valence-electron chi connectivity index (χ1n) is 14.6. The van der Waals surface area contributed by atoms with Crippen LogP contribution < -0.4 is 9.05 Å². The molecule has 2 atom stereocenters. The van der Waals surface area contributed by atoms with Crippen molar-refractivity contribution in [2.75, 3.05) is 55.4 Å². The van der Waals surface area contributed by atoms with Crippen molar-refractivity contribution in [1.82, 2.24) is 4.48 Å². The van der Waals surface area contributed by atoms with Crippen molar-refractivity contribution >= 4 is 49.7 Å². The van der Waals surface area contributed by atoms with E-state index in [-0.39, 0.29) is 0 Å². The average Bonchev–Trinajstić information content (AvgIpc) is 3.24. The Kier molecular flexibility index (Phi) is 6.82. The zero-order valence-electron chi connectivity index (χ0n) is 25.0. The minimum Gasteiger partial charge on any atom is -0.331 e. The number of quaternary nitrogens is 3. The first kappa shape index (κ1) is 27.1. The van der Waals surface area contributed by atoms with Gasteiger partial charge in [-0.2, -0.15) is 4.57 Å². The van der Waals surface area contributed by atoms with Crippen LogP contribution in [0.5, 0.6) is 0 Å². The van der Waals surface area contributed by atoms with Crippen LogP contribution in [0.1, 0.15) is 23.4 Å². The van der Waals surface area contributed by atoms with Crippen molar-refractivity contribution in [3.05, 3.63) is 95.7 Å². The average molecular weight is 553 g/mol. The summed E-state index contributed by atoms with van der Waals surface area (Å²) in [4.78, 5) is 0. The third-order valence-corrected chi connectivity index (χ3v) is 9.91. The first-order valence-corrected chi connectivity index (χ1v) is 15.4. The fourth-order valence-electron chi connectivity index (χ4n) is 6.71. The second-order valence-corrected chi connectivity index (χ2v) is 14.5. The van der Waals surface area contributed by atoms with Crippen molar-refractivity contribution in [2.24, 2.45) is 0 Å². The number of aromatic nitrogens is 1. The number of thiazole rings is 1. The highest BCUT2D eigenvalue weighted by molar-refractivity contribution is 7.19. The zero-order chi connectivity index (χ0) is 28.1. The Balaban J connectivity index is 1.37. The molecule has 5 heteroatoms. The van der Waals surface area contributed by atoms with Gasteiger partial charge in [-0.25, -0.2) is 4.48 Å². The van der Waals surface area contributed by atoms with Gasteiger partial charge in [-0.1, -0.05) is 59.9 Å². The van der Waals surface area contributed by atoms with Gasteiger partial charge in [-0.3, -0.25) is 4.48 Å². The van der Waals surface area contributed by atoms with E-state index in [1.165, 1.54) is 55.8 Å². The summed E-state index contributed by atoms with van der Waals surface area (Å²) in [5.74, 6) is 0. The molecule has 0 bridgehead atoms. The second-order valence-electron chi connectivity index (χ2n) is 13.4. The molecule has 1 spiro atoms. The summed E-state index contributed by atoms with van der Waals surface area (Å²) in [5.41, 5.74) is 5.45. The summed E-state index contributed by atoms with van der Waals surface area (Å²) >= 11 is 1.92. The van der Waals surface area contributed by atoms with Crippen LogP contribution in [0.25, 0.3) is 32.6 Å². The van der Waals surface area contributed by atoms with Gasteiger partial charge in [0.1, 0.15) is 29.6 Å². The maximum absolute atomic E-state index is 2.54. The molecule has 206 valence electrons. The van der Waals surface area contributed by atoms with Crippen LogP contribution in [0.4, 0.5) is 5.69 Å². The molecule has 0 amide bonds. The van der Waals surface area contributed by atoms with Crippen LogP contribution in [0.2, 0.25) is 0 Å². The number of rotatable bonds is 7. The number of benzene rings is 3. The van der Waals surface area contributed by atoms with Crippen molar-refractivity contribution in [3.8, 4) is 0 Å². The lowest BCUT2D eigenvalue weighted by Crippen LogP contribution is -2.73. The number of allylic oxidation sites excluding steroid dienone is 4. The van der Waals surface area contributed by atoms with Crippen molar-refractivity contribution in [3.63, 3.8) is 0 Å². The van der Waals surface area contributed by atoms with E-state index in [9.17, 15) is 0 Å². The van der Waals surface area contributed by atoms with E-state index < -0.39 is 0 Å². The quantitative estimate of drug-likeness (QED) is 0.175. The van der Waals surface area contributed by atoms with E-state index in [1.54, 1.807) is 0 Å². The van der Waals surface area contributed by atoms with Crippen LogP contribution in [0.3, 0.4) is 0 Å². The number of hydrogen-bond donors (Lipinski definition) is 0. The first-order chi connectivity index (χ1) is 19.1. The summed E-state index contributed by atoms with van der Waals surface area (Å²) in [6.45, 7) is 3.36. The van der Waals surface area contributed by atoms with E-state index in [2.05, 4.69) is 138 Å². The molecule has 40 heavy (non-hydrogen) atoms. The molecule has 1 saturated heterocycles. The Morgan fingerprint density at radius 2 is 1.73 bits per heavy atom. The lowest BCUT2D eigenvalue weighted by Gasteiger charge is -2.54. The molecule has 2 aliphatic rings. The molecular weight excluding hydrogens is 508 g/mol. The fraction of sp³-hybridized carbons (Fsp3) is 0.343. The molecular formula is C35H44N4S+4. The van der Waals surface area contributed by atoms with Crippen LogP contribution in [0.15, 0.2) is 85.1 Å². The van der Waals surface area contributed by atoms with Crippen LogP contribution in [-0.2, 0) is 6.54 Å². The summed E-state index contributed by atoms with van der Waals surface area (Å²) in [5, 5.41) is 3.98. The second kappa shape index (κ2) is 10.1. The van der Waals surface area contributed by atoms with Gasteiger partial charge in [-0.05, 0) is 23.1 Å². The van der Waals surface area contributed by atoms with E-state index in [0.29, 0.717) is 6.17 Å². The molecule has 4 aromatic rings. The number of para-hydroxylation sites is 1. The Morgan fingerprint density at radius 3 is 2.48 bits per heavy atom. The van der Waals surface area contributed by atoms with E-state index >= 15 is 0 Å². The van der Waals surface area contributed by atoms with Gasteiger partial charge in [0.2, 0.25) is 11.7 Å². The minimum absolute atomic E-state index is 0.563. The molecule has 0 aliphatic carbocycles. The Labute approximate surface area is 243 Å². The summed E-state index contributed by atoms with van der Waals surface area (Å²) < 4.78 is 6.86. The summed E-state index contributed by atoms with van der Waals surface area (Å²) in [7, 11) is 13.8. The summed E-state index contributed by atoms with van der Waals surface area (Å²) in [6, 6.07) is 22.4. The van der Waals surface area contributed by atoms with Gasteiger partial charge >= 0.3 is 0 Å². The Hall–Kier alpha value is -3.09. The summed E-state index contributed by atoms with van der Waals surface area (Å²) in [6.07, 6.45) is 14.7. The molecule has 4 nitrogen and oxygen atoms in total. The standard InChI is InChI=1S/C35H44N4S/c1-37(2,3)24-12-23-36-31-20-19-27-13-7-8-16-30(27)35(31)40-33(36)18-11-14-28-21-25-39(26-22-34(39)38(4,5)6)32-17-10-9-15-29(28)32/h7-11,13-21,25,34H,12,22-24,26H2,1-6H3/q+4. The van der Waals surface area contributed by atoms with Crippen molar-refractivity contribution in [2.45, 2.75) is 25.6 Å². The molecule has 0 saturated carbocycles. The number of hydrogen-bond acceptors (Lipinski definition) is 1. The largest absolute Gasteiger partial charge is 0.331 e. The van der Waals surface area contributed by atoms with Gasteiger partial charge in [0.15, 0.2) is 6.54 Å². The van der Waals surface area contributed by atoms with Gasteiger partial charge in [0, 0.05) is 35.2 Å². The highest BCUT2D eigenvalue weighted by Crippen LogP contribution is 2.46. The number of aryl methyl sites for hydroxylation is 1. The Bertz CT molecular complexity index is 1660.